The summed E-state index contributed by atoms with van der Waals surface area (Å²) in [5.41, 5.74) is 0. The summed E-state index contributed by atoms with van der Waals surface area (Å²) in [5.74, 6) is 0. The average Bonchev–Trinajstić information content (AvgIpc) is 3.04. The minimum Gasteiger partial charge on any atom is -0.790 e. The molecule has 0 aliphatic carbocycles. The van der Waals surface area contributed by atoms with Crippen LogP contribution in [0, 0.1) is 0 Å². The Hall–Kier alpha value is 1.39. The number of hydrogen-bond acceptors (Lipinski definition) is 12. The second-order valence-electron chi connectivity index (χ2n) is 13.4. The fraction of sp³-hybridized carbons (Fsp3) is 1.00. The van der Waals surface area contributed by atoms with Gasteiger partial charge in [-0.05, 0) is 19.3 Å². The smallest absolute Gasteiger partial charge is 0.790 e. The largest absolute Gasteiger partial charge is 3.00 e. The molecule has 312 valence electrons. The summed E-state index contributed by atoms with van der Waals surface area (Å²) < 4.78 is 42.9. The molecule has 53 heavy (non-hydrogen) atoms. The first-order valence-corrected chi connectivity index (χ1v) is 24.6. The molecule has 0 fully saturated rings. The van der Waals surface area contributed by atoms with Gasteiger partial charge in [0.05, 0.1) is 43.3 Å². The first-order valence-electron chi connectivity index (χ1n) is 20.2. The molecule has 0 aromatic heterocycles. The van der Waals surface area contributed by atoms with Crippen molar-refractivity contribution in [2.75, 3.05) is 19.8 Å². The van der Waals surface area contributed by atoms with E-state index < -0.39 is 23.5 Å². The number of phosphoric ester groups is 3. The van der Waals surface area contributed by atoms with Crippen molar-refractivity contribution < 1.29 is 56.6 Å². The van der Waals surface area contributed by atoms with Gasteiger partial charge in [-0.2, -0.15) is 0 Å². The van der Waals surface area contributed by atoms with Gasteiger partial charge in [-0.3, -0.25) is 0 Å². The fourth-order valence-corrected chi connectivity index (χ4v) is 6.36. The van der Waals surface area contributed by atoms with Crippen molar-refractivity contribution in [2.24, 2.45) is 0 Å². The summed E-state index contributed by atoms with van der Waals surface area (Å²) >= 11 is 0. The summed E-state index contributed by atoms with van der Waals surface area (Å²) in [5, 5.41) is 0. The Morgan fingerprint density at radius 1 is 0.283 bits per heavy atom. The van der Waals surface area contributed by atoms with Gasteiger partial charge in [0.1, 0.15) is 0 Å². The molecule has 0 heterocycles. The minimum atomic E-state index is -4.74. The zero-order chi connectivity index (χ0) is 39.0. The van der Waals surface area contributed by atoms with E-state index in [0.717, 1.165) is 38.5 Å². The van der Waals surface area contributed by atoms with E-state index in [9.17, 15) is 43.1 Å². The van der Waals surface area contributed by atoms with E-state index in [0.29, 0.717) is 19.3 Å². The maximum atomic E-state index is 10.1. The van der Waals surface area contributed by atoms with Crippen LogP contribution < -0.4 is 29.4 Å². The molecule has 0 radical (unpaired) electrons. The number of rotatable bonds is 36. The summed E-state index contributed by atoms with van der Waals surface area (Å²) in [6.07, 6.45) is 35.2. The predicted octanol–water partition coefficient (Wildman–Crippen LogP) is 7.50. The van der Waals surface area contributed by atoms with Gasteiger partial charge in [0, 0.05) is 0 Å². The van der Waals surface area contributed by atoms with Gasteiger partial charge in [-0.15, -0.1) is 0 Å². The van der Waals surface area contributed by atoms with E-state index >= 15 is 0 Å². The molecule has 0 amide bonds. The van der Waals surface area contributed by atoms with Crippen LogP contribution in [-0.4, -0.2) is 54.5 Å². The van der Waals surface area contributed by atoms with Crippen LogP contribution in [-0.2, 0) is 27.3 Å². The first kappa shape index (κ1) is 63.6. The van der Waals surface area contributed by atoms with Crippen molar-refractivity contribution in [3.63, 3.8) is 0 Å². The van der Waals surface area contributed by atoms with E-state index in [2.05, 4.69) is 34.3 Å². The van der Waals surface area contributed by atoms with Crippen molar-refractivity contribution in [3.05, 3.63) is 0 Å². The van der Waals surface area contributed by atoms with Crippen molar-refractivity contribution in [2.45, 2.75) is 213 Å². The number of phosphoric acid groups is 3. The second-order valence-corrected chi connectivity index (χ2v) is 16.8. The Morgan fingerprint density at radius 2 is 0.415 bits per heavy atom. The number of unbranched alkanes of at least 4 members (excludes halogenated alkanes) is 27. The van der Waals surface area contributed by atoms with Gasteiger partial charge >= 0.3 is 34.7 Å². The third kappa shape index (κ3) is 74.9. The van der Waals surface area contributed by atoms with Gasteiger partial charge in [-0.25, -0.2) is 0 Å². The molecule has 0 N–H and O–H groups in total. The molecule has 0 unspecified atom stereocenters. The van der Waals surface area contributed by atoms with Crippen LogP contribution in [0.1, 0.15) is 213 Å². The zero-order valence-electron chi connectivity index (χ0n) is 33.7. The molecule has 0 aromatic carbocycles. The SMILES string of the molecule is CCCCCCCCCCCCOP(=O)([O-])[O-].CCCCCCCCCCCCOP(=O)([O-])[O-].CCCCCCCCCCCCOP(=O)([O-])[O-].[Al+3].[Al+3]. The van der Waals surface area contributed by atoms with Crippen LogP contribution in [0.4, 0.5) is 0 Å². The van der Waals surface area contributed by atoms with Crippen LogP contribution in [0.5, 0.6) is 0 Å². The predicted molar refractivity (Wildman–Crippen MR) is 208 cm³/mol. The minimum absolute atomic E-state index is 0. The second kappa shape index (κ2) is 47.8. The average molecular weight is 847 g/mol. The molecule has 0 aliphatic heterocycles. The van der Waals surface area contributed by atoms with E-state index in [1.54, 1.807) is 0 Å². The van der Waals surface area contributed by atoms with Gasteiger partial charge in [0.2, 0.25) is 0 Å². The third-order valence-corrected chi connectivity index (χ3v) is 9.74. The maximum Gasteiger partial charge on any atom is 3.00 e. The summed E-state index contributed by atoms with van der Waals surface area (Å²) in [7, 11) is -14.2. The molecule has 0 saturated carbocycles. The Kier molecular flexibility index (Phi) is 57.3. The standard InChI is InChI=1S/3C12H27O4P.2Al/c3*1-2-3-4-5-6-7-8-9-10-11-12-16-17(13,14)15;;/h3*2-12H2,1H3,(H2,13,14,15);;/q;;;2*+3/p-6. The molecule has 0 rings (SSSR count). The number of hydrogen-bond donors (Lipinski definition) is 0. The Morgan fingerprint density at radius 3 is 0.547 bits per heavy atom. The molecule has 0 aromatic rings. The quantitative estimate of drug-likeness (QED) is 0.0340. The van der Waals surface area contributed by atoms with E-state index in [1.165, 1.54) is 135 Å². The zero-order valence-corrected chi connectivity index (χ0v) is 38.7. The van der Waals surface area contributed by atoms with Crippen LogP contribution >= 0.6 is 23.5 Å². The third-order valence-electron chi connectivity index (χ3n) is 8.24. The summed E-state index contributed by atoms with van der Waals surface area (Å²) in [4.78, 5) is 60.8. The topological polar surface area (TPSA) is 217 Å². The maximum absolute atomic E-state index is 10.1. The van der Waals surface area contributed by atoms with Crippen molar-refractivity contribution in [1.82, 2.24) is 0 Å². The Labute approximate surface area is 346 Å². The van der Waals surface area contributed by atoms with Gasteiger partial charge in [0.15, 0.2) is 0 Å². The van der Waals surface area contributed by atoms with Crippen LogP contribution in [0.2, 0.25) is 0 Å². The van der Waals surface area contributed by atoms with Crippen molar-refractivity contribution >= 4 is 58.2 Å². The van der Waals surface area contributed by atoms with Crippen molar-refractivity contribution in [3.8, 4) is 0 Å². The van der Waals surface area contributed by atoms with Gasteiger partial charge < -0.3 is 56.6 Å². The Balaban J connectivity index is -0.000000213. The van der Waals surface area contributed by atoms with Gasteiger partial charge in [-0.1, -0.05) is 194 Å². The Bertz CT molecular complexity index is 725. The van der Waals surface area contributed by atoms with Gasteiger partial charge in [0.25, 0.3) is 0 Å². The normalized spacial score (nSPS) is 11.5. The first-order chi connectivity index (χ1) is 24.2. The van der Waals surface area contributed by atoms with E-state index in [-0.39, 0.29) is 54.5 Å². The van der Waals surface area contributed by atoms with Crippen LogP contribution in [0.3, 0.4) is 0 Å². The van der Waals surface area contributed by atoms with Crippen LogP contribution in [0.25, 0.3) is 0 Å². The summed E-state index contributed by atoms with van der Waals surface area (Å²) in [6, 6.07) is 0. The summed E-state index contributed by atoms with van der Waals surface area (Å²) in [6.45, 7) is 6.77. The molecule has 0 spiro atoms. The van der Waals surface area contributed by atoms with E-state index in [4.69, 9.17) is 0 Å². The van der Waals surface area contributed by atoms with Crippen molar-refractivity contribution in [1.29, 1.82) is 0 Å². The van der Waals surface area contributed by atoms with E-state index in [1.807, 2.05) is 0 Å². The molecule has 0 saturated heterocycles. The molecular formula is C36H75Al2O12P3. The molecule has 0 bridgehead atoms. The monoisotopic (exact) mass is 846 g/mol. The molecule has 0 aliphatic rings. The van der Waals surface area contributed by atoms with Crippen LogP contribution in [0.15, 0.2) is 0 Å². The molecular weight excluding hydrogens is 771 g/mol. The molecule has 0 atom stereocenters. The molecule has 17 heteroatoms. The fourth-order valence-electron chi connectivity index (χ4n) is 5.30. The molecule has 12 nitrogen and oxygen atoms in total.